The topological polar surface area (TPSA) is 16.4 Å². The molecule has 0 radical (unpaired) electrons. The number of nitrogens with zero attached hydrogens (tertiary/aromatic N) is 1. The SMILES string of the molecule is Cc1c(-c2cccc(-c3ccc(-c4ccc(N(c5ccc(-c6cccc7ccccc67)cc5)c5ccc6ccccc6c5)cc4)cc3)c2)oc2ccccc12. The quantitative estimate of drug-likeness (QED) is 0.164. The highest BCUT2D eigenvalue weighted by molar-refractivity contribution is 5.97. The molecule has 1 aromatic heterocycles. The van der Waals surface area contributed by atoms with Gasteiger partial charge in [0, 0.05) is 33.6 Å². The van der Waals surface area contributed by atoms with Crippen molar-refractivity contribution in [3.63, 3.8) is 0 Å². The van der Waals surface area contributed by atoms with Gasteiger partial charge in [0.1, 0.15) is 11.3 Å². The Morgan fingerprint density at radius 3 is 1.60 bits per heavy atom. The van der Waals surface area contributed by atoms with Gasteiger partial charge in [0.2, 0.25) is 0 Å². The lowest BCUT2D eigenvalue weighted by Gasteiger charge is -2.26. The van der Waals surface area contributed by atoms with Crippen LogP contribution in [0.5, 0.6) is 0 Å². The molecule has 9 aromatic carbocycles. The van der Waals surface area contributed by atoms with Crippen LogP contribution in [0.2, 0.25) is 0 Å². The zero-order valence-electron chi connectivity index (χ0n) is 30.5. The van der Waals surface area contributed by atoms with Crippen LogP contribution in [0.1, 0.15) is 5.56 Å². The molecule has 0 amide bonds. The predicted octanol–water partition coefficient (Wildman–Crippen LogP) is 15.2. The lowest BCUT2D eigenvalue weighted by atomic mass is 9.97. The van der Waals surface area contributed by atoms with E-state index >= 15 is 0 Å². The van der Waals surface area contributed by atoms with Crippen LogP contribution in [0.4, 0.5) is 17.1 Å². The Morgan fingerprint density at radius 1 is 0.345 bits per heavy atom. The highest BCUT2D eigenvalue weighted by atomic mass is 16.3. The summed E-state index contributed by atoms with van der Waals surface area (Å²) in [6.07, 6.45) is 0. The van der Waals surface area contributed by atoms with Gasteiger partial charge in [-0.05, 0) is 110 Å². The normalized spacial score (nSPS) is 11.4. The largest absolute Gasteiger partial charge is 0.456 e. The van der Waals surface area contributed by atoms with Crippen molar-refractivity contribution in [1.29, 1.82) is 0 Å². The Morgan fingerprint density at radius 2 is 0.873 bits per heavy atom. The predicted molar refractivity (Wildman–Crippen MR) is 232 cm³/mol. The average molecular weight is 704 g/mol. The maximum Gasteiger partial charge on any atom is 0.138 e. The first-order valence-electron chi connectivity index (χ1n) is 18.8. The third-order valence-corrected chi connectivity index (χ3v) is 10.9. The molecule has 0 saturated carbocycles. The van der Waals surface area contributed by atoms with E-state index in [1.807, 2.05) is 12.1 Å². The average Bonchev–Trinajstić information content (AvgIpc) is 3.60. The summed E-state index contributed by atoms with van der Waals surface area (Å²) in [6, 6.07) is 74.0. The molecule has 260 valence electrons. The van der Waals surface area contributed by atoms with Crippen molar-refractivity contribution in [3.05, 3.63) is 212 Å². The van der Waals surface area contributed by atoms with Crippen molar-refractivity contribution in [3.8, 4) is 44.7 Å². The first-order valence-corrected chi connectivity index (χ1v) is 18.8. The van der Waals surface area contributed by atoms with E-state index in [2.05, 4.69) is 206 Å². The van der Waals surface area contributed by atoms with Gasteiger partial charge < -0.3 is 9.32 Å². The Bertz CT molecular complexity index is 2970. The van der Waals surface area contributed by atoms with Crippen LogP contribution in [0.25, 0.3) is 77.2 Å². The van der Waals surface area contributed by atoms with E-state index in [0.717, 1.165) is 44.9 Å². The van der Waals surface area contributed by atoms with Crippen LogP contribution in [-0.4, -0.2) is 0 Å². The molecule has 0 spiro atoms. The van der Waals surface area contributed by atoms with E-state index in [4.69, 9.17) is 4.42 Å². The summed E-state index contributed by atoms with van der Waals surface area (Å²) in [5.74, 6) is 0.929. The number of furan rings is 1. The second kappa shape index (κ2) is 13.7. The smallest absolute Gasteiger partial charge is 0.138 e. The number of benzene rings is 9. The summed E-state index contributed by atoms with van der Waals surface area (Å²) < 4.78 is 6.29. The second-order valence-electron chi connectivity index (χ2n) is 14.2. The molecule has 0 saturated heterocycles. The van der Waals surface area contributed by atoms with Crippen molar-refractivity contribution in [2.24, 2.45) is 0 Å². The van der Waals surface area contributed by atoms with E-state index in [0.29, 0.717) is 0 Å². The van der Waals surface area contributed by atoms with Crippen molar-refractivity contribution < 1.29 is 4.42 Å². The lowest BCUT2D eigenvalue weighted by molar-refractivity contribution is 0.629. The summed E-state index contributed by atoms with van der Waals surface area (Å²) in [5, 5.41) is 6.12. The van der Waals surface area contributed by atoms with E-state index in [9.17, 15) is 0 Å². The highest BCUT2D eigenvalue weighted by Crippen LogP contribution is 2.40. The number of anilines is 3. The number of fused-ring (bicyclic) bond motifs is 3. The molecule has 10 rings (SSSR count). The molecule has 1 heterocycles. The Balaban J connectivity index is 0.963. The van der Waals surface area contributed by atoms with Crippen LogP contribution in [0, 0.1) is 6.92 Å². The molecule has 0 aliphatic carbocycles. The van der Waals surface area contributed by atoms with Crippen LogP contribution in [-0.2, 0) is 0 Å². The maximum absolute atomic E-state index is 6.29. The minimum Gasteiger partial charge on any atom is -0.456 e. The first-order chi connectivity index (χ1) is 27.2. The number of para-hydroxylation sites is 1. The van der Waals surface area contributed by atoms with E-state index in [1.54, 1.807) is 0 Å². The number of hydrogen-bond donors (Lipinski definition) is 0. The summed E-state index contributed by atoms with van der Waals surface area (Å²) in [5.41, 5.74) is 13.6. The third-order valence-electron chi connectivity index (χ3n) is 10.9. The van der Waals surface area contributed by atoms with Gasteiger partial charge in [-0.2, -0.15) is 0 Å². The van der Waals surface area contributed by atoms with Gasteiger partial charge in [0.25, 0.3) is 0 Å². The minimum atomic E-state index is 0.922. The molecule has 55 heavy (non-hydrogen) atoms. The molecule has 0 fully saturated rings. The number of hydrogen-bond acceptors (Lipinski definition) is 2. The van der Waals surface area contributed by atoms with E-state index in [1.165, 1.54) is 54.9 Å². The van der Waals surface area contributed by atoms with Crippen molar-refractivity contribution in [1.82, 2.24) is 0 Å². The zero-order chi connectivity index (χ0) is 36.7. The summed E-state index contributed by atoms with van der Waals surface area (Å²) in [6.45, 7) is 2.14. The standard InChI is InChI=1S/C53H37NO/c1-36-49-16-6-7-19-52(49)55-53(36)45-15-8-14-43(34-45)40-22-20-38(21-23-40)39-24-29-46(30-25-39)54(48-33-26-37-10-2-3-12-44(37)35-48)47-31-27-42(28-32-47)51-18-9-13-41-11-4-5-17-50(41)51/h2-35H,1H3. The number of aryl methyl sites for hydroxylation is 1. The molecule has 0 N–H and O–H groups in total. The van der Waals surface area contributed by atoms with Crippen LogP contribution >= 0.6 is 0 Å². The monoisotopic (exact) mass is 703 g/mol. The molecular weight excluding hydrogens is 667 g/mol. The fourth-order valence-electron chi connectivity index (χ4n) is 7.98. The molecule has 0 unspecified atom stereocenters. The second-order valence-corrected chi connectivity index (χ2v) is 14.2. The van der Waals surface area contributed by atoms with Crippen LogP contribution in [0.3, 0.4) is 0 Å². The van der Waals surface area contributed by atoms with Crippen molar-refractivity contribution >= 4 is 49.6 Å². The molecule has 10 aromatic rings. The first kappa shape index (κ1) is 32.5. The van der Waals surface area contributed by atoms with Crippen molar-refractivity contribution in [2.45, 2.75) is 6.92 Å². The Labute approximate surface area is 321 Å². The molecule has 0 aliphatic heterocycles. The summed E-state index contributed by atoms with van der Waals surface area (Å²) in [7, 11) is 0. The maximum atomic E-state index is 6.29. The molecule has 2 nitrogen and oxygen atoms in total. The van der Waals surface area contributed by atoms with Crippen molar-refractivity contribution in [2.75, 3.05) is 4.90 Å². The zero-order valence-corrected chi connectivity index (χ0v) is 30.5. The van der Waals surface area contributed by atoms with E-state index in [-0.39, 0.29) is 0 Å². The fourth-order valence-corrected chi connectivity index (χ4v) is 7.98. The van der Waals surface area contributed by atoms with Gasteiger partial charge in [0.15, 0.2) is 0 Å². The minimum absolute atomic E-state index is 0.922. The summed E-state index contributed by atoms with van der Waals surface area (Å²) >= 11 is 0. The van der Waals surface area contributed by atoms with Crippen LogP contribution in [0.15, 0.2) is 211 Å². The fraction of sp³-hybridized carbons (Fsp3) is 0.0189. The van der Waals surface area contributed by atoms with Gasteiger partial charge in [0.05, 0.1) is 0 Å². The number of rotatable bonds is 7. The van der Waals surface area contributed by atoms with Gasteiger partial charge in [-0.15, -0.1) is 0 Å². The van der Waals surface area contributed by atoms with Crippen LogP contribution < -0.4 is 4.90 Å². The van der Waals surface area contributed by atoms with Gasteiger partial charge >= 0.3 is 0 Å². The highest BCUT2D eigenvalue weighted by Gasteiger charge is 2.16. The molecular formula is C53H37NO. The summed E-state index contributed by atoms with van der Waals surface area (Å²) in [4.78, 5) is 2.35. The van der Waals surface area contributed by atoms with Gasteiger partial charge in [-0.3, -0.25) is 0 Å². The molecule has 2 heteroatoms. The molecule has 0 aliphatic rings. The molecule has 0 atom stereocenters. The third kappa shape index (κ3) is 6.04. The van der Waals surface area contributed by atoms with Gasteiger partial charge in [-0.1, -0.05) is 158 Å². The Hall–Kier alpha value is -7.16. The Kier molecular flexibility index (Phi) is 8.08. The van der Waals surface area contributed by atoms with Gasteiger partial charge in [-0.25, -0.2) is 0 Å². The lowest BCUT2D eigenvalue weighted by Crippen LogP contribution is -2.09. The molecule has 0 bridgehead atoms. The van der Waals surface area contributed by atoms with E-state index < -0.39 is 0 Å².